The van der Waals surface area contributed by atoms with Crippen molar-refractivity contribution in [2.75, 3.05) is 6.54 Å². The highest BCUT2D eigenvalue weighted by Gasteiger charge is 1.90. The molecule has 0 fully saturated rings. The number of rotatable bonds is 4. The number of hydrazone groups is 1. The third kappa shape index (κ3) is 4.91. The fraction of sp³-hybridized carbons (Fsp3) is 0.0909. The molecule has 1 aromatic carbocycles. The topological polar surface area (TPSA) is 36.4 Å². The summed E-state index contributed by atoms with van der Waals surface area (Å²) in [4.78, 5) is 0. The van der Waals surface area contributed by atoms with E-state index < -0.39 is 0 Å². The van der Waals surface area contributed by atoms with Gasteiger partial charge in [-0.15, -0.1) is 6.58 Å². The summed E-state index contributed by atoms with van der Waals surface area (Å²) < 4.78 is 0. The molecule has 16 heavy (non-hydrogen) atoms. The van der Waals surface area contributed by atoms with E-state index in [-0.39, 0.29) is 0 Å². The average molecular weight is 254 g/mol. The number of benzene rings is 1. The quantitative estimate of drug-likeness (QED) is 0.374. The van der Waals surface area contributed by atoms with Crippen LogP contribution < -0.4 is 10.7 Å². The molecule has 5 heteroatoms. The van der Waals surface area contributed by atoms with Crippen molar-refractivity contribution < 1.29 is 0 Å². The Balaban J connectivity index is 2.39. The van der Waals surface area contributed by atoms with E-state index >= 15 is 0 Å². The van der Waals surface area contributed by atoms with Crippen LogP contribution >= 0.6 is 23.8 Å². The molecule has 0 aliphatic heterocycles. The first-order valence-electron chi connectivity index (χ1n) is 4.66. The Labute approximate surface area is 105 Å². The van der Waals surface area contributed by atoms with Crippen LogP contribution in [0.3, 0.4) is 0 Å². The van der Waals surface area contributed by atoms with Crippen LogP contribution in [0.1, 0.15) is 5.56 Å². The molecule has 0 aliphatic carbocycles. The van der Waals surface area contributed by atoms with Crippen molar-refractivity contribution in [2.24, 2.45) is 5.10 Å². The summed E-state index contributed by atoms with van der Waals surface area (Å²) in [6.45, 7) is 4.18. The van der Waals surface area contributed by atoms with Crippen LogP contribution in [0.15, 0.2) is 42.0 Å². The van der Waals surface area contributed by atoms with Gasteiger partial charge in [0.25, 0.3) is 0 Å². The summed E-state index contributed by atoms with van der Waals surface area (Å²) in [6, 6.07) is 7.34. The van der Waals surface area contributed by atoms with Gasteiger partial charge in [0, 0.05) is 11.6 Å². The summed E-state index contributed by atoms with van der Waals surface area (Å²) in [6.07, 6.45) is 3.38. The minimum Gasteiger partial charge on any atom is -0.358 e. The summed E-state index contributed by atoms with van der Waals surface area (Å²) in [5.74, 6) is 0. The molecule has 0 spiro atoms. The van der Waals surface area contributed by atoms with Crippen molar-refractivity contribution in [1.29, 1.82) is 0 Å². The molecule has 1 rings (SSSR count). The molecule has 1 aromatic rings. The van der Waals surface area contributed by atoms with Crippen molar-refractivity contribution in [3.63, 3.8) is 0 Å². The maximum atomic E-state index is 5.75. The standard InChI is InChI=1S/C11H12ClN3S/c1-2-7-13-11(16)15-14-8-9-3-5-10(12)6-4-9/h2-6,8H,1,7H2,(H2,13,15,16). The van der Waals surface area contributed by atoms with Crippen molar-refractivity contribution in [3.05, 3.63) is 47.5 Å². The summed E-state index contributed by atoms with van der Waals surface area (Å²) >= 11 is 10.7. The lowest BCUT2D eigenvalue weighted by atomic mass is 10.2. The van der Waals surface area contributed by atoms with Crippen LogP contribution in [0.4, 0.5) is 0 Å². The zero-order valence-electron chi connectivity index (χ0n) is 8.61. The molecule has 0 bridgehead atoms. The molecule has 0 aliphatic rings. The molecule has 2 N–H and O–H groups in total. The Morgan fingerprint density at radius 3 is 2.75 bits per heavy atom. The van der Waals surface area contributed by atoms with Gasteiger partial charge in [-0.2, -0.15) is 5.10 Å². The Morgan fingerprint density at radius 2 is 2.12 bits per heavy atom. The van der Waals surface area contributed by atoms with Crippen LogP contribution in [0.5, 0.6) is 0 Å². The molecule has 0 saturated heterocycles. The molecule has 3 nitrogen and oxygen atoms in total. The van der Waals surface area contributed by atoms with Crippen LogP contribution in [0.25, 0.3) is 0 Å². The third-order valence-corrected chi connectivity index (χ3v) is 2.14. The minimum atomic E-state index is 0.463. The second-order valence-corrected chi connectivity index (χ2v) is 3.76. The average Bonchev–Trinajstić information content (AvgIpc) is 2.29. The van der Waals surface area contributed by atoms with Gasteiger partial charge in [0.05, 0.1) is 6.21 Å². The van der Waals surface area contributed by atoms with Gasteiger partial charge in [-0.1, -0.05) is 29.8 Å². The van der Waals surface area contributed by atoms with E-state index in [1.54, 1.807) is 24.4 Å². The van der Waals surface area contributed by atoms with E-state index in [0.29, 0.717) is 16.7 Å². The second kappa shape index (κ2) is 6.98. The monoisotopic (exact) mass is 253 g/mol. The Kier molecular flexibility index (Phi) is 5.53. The van der Waals surface area contributed by atoms with E-state index in [2.05, 4.69) is 22.4 Å². The number of nitrogens with one attached hydrogen (secondary N) is 2. The van der Waals surface area contributed by atoms with E-state index in [1.165, 1.54) is 0 Å². The first kappa shape index (κ1) is 12.7. The first-order chi connectivity index (χ1) is 7.72. The van der Waals surface area contributed by atoms with E-state index in [0.717, 1.165) is 5.56 Å². The van der Waals surface area contributed by atoms with Crippen molar-refractivity contribution >= 4 is 35.1 Å². The lowest BCUT2D eigenvalue weighted by Crippen LogP contribution is -2.31. The molecule has 0 heterocycles. The van der Waals surface area contributed by atoms with E-state index in [9.17, 15) is 0 Å². The molecular weight excluding hydrogens is 242 g/mol. The highest BCUT2D eigenvalue weighted by molar-refractivity contribution is 7.80. The molecule has 0 atom stereocenters. The lowest BCUT2D eigenvalue weighted by Gasteiger charge is -2.02. The van der Waals surface area contributed by atoms with Gasteiger partial charge in [0.2, 0.25) is 0 Å². The molecule has 0 saturated carbocycles. The van der Waals surface area contributed by atoms with Crippen LogP contribution in [-0.2, 0) is 0 Å². The SMILES string of the molecule is C=CCNC(=S)NN=Cc1ccc(Cl)cc1. The lowest BCUT2D eigenvalue weighted by molar-refractivity contribution is 0.942. The zero-order valence-corrected chi connectivity index (χ0v) is 10.2. The molecule has 0 aromatic heterocycles. The predicted octanol–water partition coefficient (Wildman–Crippen LogP) is 2.32. The highest BCUT2D eigenvalue weighted by atomic mass is 35.5. The third-order valence-electron chi connectivity index (χ3n) is 1.66. The number of halogens is 1. The van der Waals surface area contributed by atoms with Gasteiger partial charge in [-0.05, 0) is 29.9 Å². The van der Waals surface area contributed by atoms with Gasteiger partial charge < -0.3 is 5.32 Å². The van der Waals surface area contributed by atoms with Crippen molar-refractivity contribution in [2.45, 2.75) is 0 Å². The maximum absolute atomic E-state index is 5.75. The molecular formula is C11H12ClN3S. The fourth-order valence-corrected chi connectivity index (χ4v) is 1.18. The van der Waals surface area contributed by atoms with Gasteiger partial charge in [0.15, 0.2) is 5.11 Å². The smallest absolute Gasteiger partial charge is 0.187 e. The molecule has 84 valence electrons. The molecule has 0 unspecified atom stereocenters. The van der Waals surface area contributed by atoms with Gasteiger partial charge in [0.1, 0.15) is 0 Å². The van der Waals surface area contributed by atoms with Crippen LogP contribution in [0.2, 0.25) is 5.02 Å². The van der Waals surface area contributed by atoms with Crippen molar-refractivity contribution in [1.82, 2.24) is 10.7 Å². The minimum absolute atomic E-state index is 0.463. The second-order valence-electron chi connectivity index (χ2n) is 2.92. The van der Waals surface area contributed by atoms with Crippen LogP contribution in [-0.4, -0.2) is 17.9 Å². The van der Waals surface area contributed by atoms with Gasteiger partial charge in [-0.3, -0.25) is 5.43 Å². The number of thiocarbonyl (C=S) groups is 1. The Bertz CT molecular complexity index is 387. The van der Waals surface area contributed by atoms with E-state index in [1.807, 2.05) is 12.1 Å². The van der Waals surface area contributed by atoms with Gasteiger partial charge in [-0.25, -0.2) is 0 Å². The predicted molar refractivity (Wildman–Crippen MR) is 73.0 cm³/mol. The van der Waals surface area contributed by atoms with E-state index in [4.69, 9.17) is 23.8 Å². The zero-order chi connectivity index (χ0) is 11.8. The van der Waals surface area contributed by atoms with Crippen LogP contribution in [0, 0.1) is 0 Å². The fourth-order valence-electron chi connectivity index (χ4n) is 0.919. The highest BCUT2D eigenvalue weighted by Crippen LogP contribution is 2.07. The normalized spacial score (nSPS) is 10.1. The van der Waals surface area contributed by atoms with Gasteiger partial charge >= 0.3 is 0 Å². The largest absolute Gasteiger partial charge is 0.358 e. The summed E-state index contributed by atoms with van der Waals surface area (Å²) in [7, 11) is 0. The molecule has 0 amide bonds. The Morgan fingerprint density at radius 1 is 1.44 bits per heavy atom. The summed E-state index contributed by atoms with van der Waals surface area (Å²) in [5, 5.41) is 8.03. The number of nitrogens with zero attached hydrogens (tertiary/aromatic N) is 1. The number of hydrogen-bond acceptors (Lipinski definition) is 2. The molecule has 0 radical (unpaired) electrons. The summed E-state index contributed by atoms with van der Waals surface area (Å²) in [5.41, 5.74) is 3.64. The Hall–Kier alpha value is -1.39. The first-order valence-corrected chi connectivity index (χ1v) is 5.44. The maximum Gasteiger partial charge on any atom is 0.187 e. The number of hydrogen-bond donors (Lipinski definition) is 2. The van der Waals surface area contributed by atoms with Crippen molar-refractivity contribution in [3.8, 4) is 0 Å².